The van der Waals surface area contributed by atoms with Crippen molar-refractivity contribution in [2.24, 2.45) is 11.1 Å². The molecule has 1 saturated heterocycles. The first-order valence-electron chi connectivity index (χ1n) is 8.43. The number of amides is 1. The zero-order valence-corrected chi connectivity index (χ0v) is 13.9. The summed E-state index contributed by atoms with van der Waals surface area (Å²) in [4.78, 5) is 14.9. The number of carbonyl (C=O) groups is 1. The normalized spacial score (nSPS) is 17.0. The maximum atomic E-state index is 13.3. The number of nitrogens with zero attached hydrogens (tertiary/aromatic N) is 1. The molecule has 2 rings (SSSR count). The molecule has 0 radical (unpaired) electrons. The van der Waals surface area contributed by atoms with Crippen LogP contribution in [0.15, 0.2) is 24.3 Å². The molecule has 5 heteroatoms. The van der Waals surface area contributed by atoms with Crippen LogP contribution in [-0.2, 0) is 16.0 Å². The third-order valence-electron chi connectivity index (χ3n) is 4.63. The molecule has 128 valence electrons. The van der Waals surface area contributed by atoms with Crippen LogP contribution < -0.4 is 5.73 Å². The Hall–Kier alpha value is -1.46. The average molecular weight is 322 g/mol. The second-order valence-electron chi connectivity index (χ2n) is 6.27. The number of rotatable bonds is 7. The maximum absolute atomic E-state index is 13.3. The van der Waals surface area contributed by atoms with Crippen LogP contribution in [0.4, 0.5) is 4.39 Å². The van der Waals surface area contributed by atoms with Gasteiger partial charge in [-0.15, -0.1) is 0 Å². The van der Waals surface area contributed by atoms with Gasteiger partial charge in [0.25, 0.3) is 0 Å². The van der Waals surface area contributed by atoms with Crippen LogP contribution in [0.3, 0.4) is 0 Å². The van der Waals surface area contributed by atoms with Crippen LogP contribution in [-0.4, -0.2) is 43.7 Å². The van der Waals surface area contributed by atoms with Crippen molar-refractivity contribution in [1.82, 2.24) is 4.90 Å². The summed E-state index contributed by atoms with van der Waals surface area (Å²) in [5.74, 6) is -0.111. The number of hydrogen-bond donors (Lipinski definition) is 1. The molecule has 2 N–H and O–H groups in total. The molecule has 1 heterocycles. The van der Waals surface area contributed by atoms with Gasteiger partial charge >= 0.3 is 0 Å². The number of halogens is 1. The number of benzene rings is 1. The minimum atomic E-state index is -0.491. The zero-order valence-electron chi connectivity index (χ0n) is 13.9. The highest BCUT2D eigenvalue weighted by Gasteiger charge is 2.41. The molecule has 1 aromatic rings. The Morgan fingerprint density at radius 2 is 2.09 bits per heavy atom. The first-order valence-corrected chi connectivity index (χ1v) is 8.43. The molecule has 0 aliphatic carbocycles. The lowest BCUT2D eigenvalue weighted by atomic mass is 9.78. The van der Waals surface area contributed by atoms with Gasteiger partial charge in [-0.2, -0.15) is 0 Å². The van der Waals surface area contributed by atoms with E-state index in [1.54, 1.807) is 6.07 Å². The third kappa shape index (κ3) is 4.52. The van der Waals surface area contributed by atoms with E-state index in [9.17, 15) is 9.18 Å². The Balaban J connectivity index is 2.05. The minimum absolute atomic E-state index is 0.126. The average Bonchev–Trinajstić information content (AvgIpc) is 2.58. The molecule has 1 aliphatic rings. The van der Waals surface area contributed by atoms with Crippen LogP contribution in [0, 0.1) is 11.2 Å². The smallest absolute Gasteiger partial charge is 0.230 e. The van der Waals surface area contributed by atoms with Crippen molar-refractivity contribution in [2.45, 2.75) is 32.6 Å². The van der Waals surface area contributed by atoms with Crippen LogP contribution in [0.5, 0.6) is 0 Å². The highest BCUT2D eigenvalue weighted by molar-refractivity contribution is 5.83. The molecule has 1 amide bonds. The van der Waals surface area contributed by atoms with Gasteiger partial charge in [0.2, 0.25) is 5.91 Å². The Bertz CT molecular complexity index is 515. The van der Waals surface area contributed by atoms with Crippen LogP contribution >= 0.6 is 0 Å². The lowest BCUT2D eigenvalue weighted by Crippen LogP contribution is -2.51. The van der Waals surface area contributed by atoms with Crippen LogP contribution in [0.1, 0.15) is 31.7 Å². The number of carbonyl (C=O) groups excluding carboxylic acids is 1. The van der Waals surface area contributed by atoms with Crippen LogP contribution in [0.2, 0.25) is 0 Å². The quantitative estimate of drug-likeness (QED) is 0.838. The summed E-state index contributed by atoms with van der Waals surface area (Å²) in [6, 6.07) is 6.56. The van der Waals surface area contributed by atoms with E-state index in [4.69, 9.17) is 10.5 Å². The van der Waals surface area contributed by atoms with Crippen molar-refractivity contribution < 1.29 is 13.9 Å². The standard InChI is InChI=1S/C18H27FN2O2/c1-2-9-21(10-6-15-4-3-5-16(19)13-15)17(22)18(14-20)7-11-23-12-8-18/h3-5,13H,2,6-12,14,20H2,1H3. The number of nitrogens with two attached hydrogens (primary N) is 1. The topological polar surface area (TPSA) is 55.6 Å². The van der Waals surface area contributed by atoms with Gasteiger partial charge in [0.15, 0.2) is 0 Å². The Morgan fingerprint density at radius 1 is 1.35 bits per heavy atom. The molecular weight excluding hydrogens is 295 g/mol. The molecule has 1 aromatic carbocycles. The Morgan fingerprint density at radius 3 is 2.70 bits per heavy atom. The summed E-state index contributed by atoms with van der Waals surface area (Å²) < 4.78 is 18.7. The van der Waals surface area contributed by atoms with E-state index < -0.39 is 5.41 Å². The van der Waals surface area contributed by atoms with Gasteiger partial charge in [0.1, 0.15) is 5.82 Å². The fraction of sp³-hybridized carbons (Fsp3) is 0.611. The first-order chi connectivity index (χ1) is 11.1. The van der Waals surface area contributed by atoms with Crippen molar-refractivity contribution in [2.75, 3.05) is 32.8 Å². The van der Waals surface area contributed by atoms with E-state index in [2.05, 4.69) is 6.92 Å². The van der Waals surface area contributed by atoms with Gasteiger partial charge < -0.3 is 15.4 Å². The number of hydrogen-bond acceptors (Lipinski definition) is 3. The molecule has 1 aliphatic heterocycles. The van der Waals surface area contributed by atoms with Gasteiger partial charge in [0.05, 0.1) is 5.41 Å². The van der Waals surface area contributed by atoms with E-state index in [0.717, 1.165) is 12.0 Å². The third-order valence-corrected chi connectivity index (χ3v) is 4.63. The SMILES string of the molecule is CCCN(CCc1cccc(F)c1)C(=O)C1(CN)CCOCC1. The molecule has 0 saturated carbocycles. The van der Waals surface area contributed by atoms with Gasteiger partial charge in [-0.1, -0.05) is 19.1 Å². The fourth-order valence-corrected chi connectivity index (χ4v) is 3.14. The highest BCUT2D eigenvalue weighted by atomic mass is 19.1. The highest BCUT2D eigenvalue weighted by Crippen LogP contribution is 2.31. The molecule has 0 atom stereocenters. The van der Waals surface area contributed by atoms with Gasteiger partial charge in [-0.05, 0) is 43.4 Å². The minimum Gasteiger partial charge on any atom is -0.381 e. The molecule has 0 aromatic heterocycles. The monoisotopic (exact) mass is 322 g/mol. The van der Waals surface area contributed by atoms with Crippen molar-refractivity contribution in [1.29, 1.82) is 0 Å². The summed E-state index contributed by atoms with van der Waals surface area (Å²) in [5, 5.41) is 0. The summed E-state index contributed by atoms with van der Waals surface area (Å²) in [7, 11) is 0. The molecule has 1 fully saturated rings. The summed E-state index contributed by atoms with van der Waals surface area (Å²) in [5.41, 5.74) is 6.37. The second kappa shape index (κ2) is 8.41. The Labute approximate surface area is 137 Å². The van der Waals surface area contributed by atoms with Crippen LogP contribution in [0.25, 0.3) is 0 Å². The molecule has 4 nitrogen and oxygen atoms in total. The molecule has 0 spiro atoms. The van der Waals surface area contributed by atoms with Crippen molar-refractivity contribution in [3.63, 3.8) is 0 Å². The fourth-order valence-electron chi connectivity index (χ4n) is 3.14. The summed E-state index contributed by atoms with van der Waals surface area (Å²) in [6.45, 7) is 4.89. The molecule has 0 bridgehead atoms. The van der Waals surface area contributed by atoms with Gasteiger partial charge in [-0.25, -0.2) is 4.39 Å². The first kappa shape index (κ1) is 17.9. The Kier molecular flexibility index (Phi) is 6.54. The lowest BCUT2D eigenvalue weighted by Gasteiger charge is -2.39. The van der Waals surface area contributed by atoms with Crippen molar-refractivity contribution in [3.8, 4) is 0 Å². The predicted octanol–water partition coefficient (Wildman–Crippen LogP) is 2.36. The largest absolute Gasteiger partial charge is 0.381 e. The van der Waals surface area contributed by atoms with E-state index in [1.165, 1.54) is 12.1 Å². The van der Waals surface area contributed by atoms with E-state index >= 15 is 0 Å². The predicted molar refractivity (Wildman–Crippen MR) is 88.5 cm³/mol. The maximum Gasteiger partial charge on any atom is 0.230 e. The van der Waals surface area contributed by atoms with Crippen molar-refractivity contribution in [3.05, 3.63) is 35.6 Å². The lowest BCUT2D eigenvalue weighted by molar-refractivity contribution is -0.147. The van der Waals surface area contributed by atoms with Gasteiger partial charge in [0, 0.05) is 32.8 Å². The van der Waals surface area contributed by atoms with Crippen molar-refractivity contribution >= 4 is 5.91 Å². The van der Waals surface area contributed by atoms with E-state index in [1.807, 2.05) is 11.0 Å². The molecular formula is C18H27FN2O2. The summed E-state index contributed by atoms with van der Waals surface area (Å²) in [6.07, 6.45) is 2.91. The molecule has 23 heavy (non-hydrogen) atoms. The zero-order chi connectivity index (χ0) is 16.7. The number of ether oxygens (including phenoxy) is 1. The second-order valence-corrected chi connectivity index (χ2v) is 6.27. The molecule has 0 unspecified atom stereocenters. The van der Waals surface area contributed by atoms with E-state index in [-0.39, 0.29) is 11.7 Å². The van der Waals surface area contributed by atoms with Gasteiger partial charge in [-0.3, -0.25) is 4.79 Å². The van der Waals surface area contributed by atoms with E-state index in [0.29, 0.717) is 52.1 Å². The summed E-state index contributed by atoms with van der Waals surface area (Å²) >= 11 is 0.